The molecule has 7 nitrogen and oxygen atoms in total. The van der Waals surface area contributed by atoms with Crippen LogP contribution in [0.2, 0.25) is 0 Å². The lowest BCUT2D eigenvalue weighted by Gasteiger charge is -2.50. The summed E-state index contributed by atoms with van der Waals surface area (Å²) in [5.41, 5.74) is 0.694. The summed E-state index contributed by atoms with van der Waals surface area (Å²) in [5.74, 6) is -0.173. The Balaban J connectivity index is 1.65. The smallest absolute Gasteiger partial charge is 0.307 e. The van der Waals surface area contributed by atoms with Gasteiger partial charge in [0, 0.05) is 29.8 Å². The lowest BCUT2D eigenvalue weighted by molar-refractivity contribution is -0.0119. The molecule has 5 rings (SSSR count). The van der Waals surface area contributed by atoms with Crippen molar-refractivity contribution in [2.45, 2.75) is 17.0 Å². The predicted octanol–water partition coefficient (Wildman–Crippen LogP) is 3.15. The molecule has 0 radical (unpaired) electrons. The van der Waals surface area contributed by atoms with Gasteiger partial charge in [-0.3, -0.25) is 9.69 Å². The monoisotopic (exact) mass is 447 g/mol. The molecule has 2 aliphatic heterocycles. The Bertz CT molecular complexity index is 1300. The van der Waals surface area contributed by atoms with Crippen LogP contribution in [0.15, 0.2) is 89.8 Å². The van der Waals surface area contributed by atoms with Crippen molar-refractivity contribution in [3.8, 4) is 0 Å². The molecule has 3 amide bonds. The minimum atomic E-state index is -4.08. The number of hydrogen-bond acceptors (Lipinski definition) is 4. The van der Waals surface area contributed by atoms with Crippen molar-refractivity contribution < 1.29 is 18.0 Å². The summed E-state index contributed by atoms with van der Waals surface area (Å²) < 4.78 is 28.0. The molecule has 0 saturated carbocycles. The van der Waals surface area contributed by atoms with Crippen LogP contribution in [0, 0.1) is 0 Å². The maximum atomic E-state index is 13.5. The molecule has 3 aromatic carbocycles. The minimum Gasteiger partial charge on any atom is -0.307 e. The summed E-state index contributed by atoms with van der Waals surface area (Å²) in [6, 6.07) is 23.5. The zero-order valence-electron chi connectivity index (χ0n) is 17.1. The second-order valence-electron chi connectivity index (χ2n) is 7.77. The molecule has 2 heterocycles. The lowest BCUT2D eigenvalue weighted by Crippen LogP contribution is -2.64. The molecule has 0 bridgehead atoms. The molecule has 1 unspecified atom stereocenters. The molecule has 3 aromatic rings. The summed E-state index contributed by atoms with van der Waals surface area (Å²) in [4.78, 5) is 30.0. The van der Waals surface area contributed by atoms with E-state index in [0.717, 1.165) is 5.56 Å². The van der Waals surface area contributed by atoms with Crippen LogP contribution < -0.4 is 4.72 Å². The van der Waals surface area contributed by atoms with Crippen LogP contribution in [0.5, 0.6) is 0 Å². The number of hydrogen-bond donors (Lipinski definition) is 1. The van der Waals surface area contributed by atoms with Crippen LogP contribution in [-0.2, 0) is 15.7 Å². The third-order valence-corrected chi connectivity index (χ3v) is 7.36. The summed E-state index contributed by atoms with van der Waals surface area (Å²) >= 11 is 0. The van der Waals surface area contributed by atoms with Crippen molar-refractivity contribution in [2.75, 3.05) is 13.1 Å². The molecule has 8 heteroatoms. The third-order valence-electron chi connectivity index (χ3n) is 6.02. The minimum absolute atomic E-state index is 0.00104. The van der Waals surface area contributed by atoms with Crippen molar-refractivity contribution >= 4 is 22.0 Å². The molecule has 1 fully saturated rings. The third kappa shape index (κ3) is 2.90. The van der Waals surface area contributed by atoms with Crippen LogP contribution in [0.25, 0.3) is 0 Å². The Kier molecular flexibility index (Phi) is 4.74. The van der Waals surface area contributed by atoms with Crippen molar-refractivity contribution in [3.63, 3.8) is 0 Å². The quantitative estimate of drug-likeness (QED) is 0.668. The largest absolute Gasteiger partial charge is 0.333 e. The van der Waals surface area contributed by atoms with E-state index in [0.29, 0.717) is 30.6 Å². The molecular formula is C24H21N3O4S. The second kappa shape index (κ2) is 7.49. The molecular weight excluding hydrogens is 426 g/mol. The first-order chi connectivity index (χ1) is 15.5. The molecule has 32 heavy (non-hydrogen) atoms. The number of nitrogens with zero attached hydrogens (tertiary/aromatic N) is 2. The average Bonchev–Trinajstić information content (AvgIpc) is 3.09. The highest BCUT2D eigenvalue weighted by Crippen LogP contribution is 2.48. The highest BCUT2D eigenvalue weighted by atomic mass is 32.2. The fraction of sp³-hybridized carbons (Fsp3) is 0.167. The van der Waals surface area contributed by atoms with Crippen LogP contribution in [-0.4, -0.2) is 43.2 Å². The SMILES string of the molecule is O=C(NS(=O)(=O)c1ccccc1)N1CCCN2C(=O)c3ccccc3C12c1ccccc1. The molecule has 2 aliphatic rings. The Hall–Kier alpha value is -3.65. The van der Waals surface area contributed by atoms with Crippen molar-refractivity contribution in [3.05, 3.63) is 102 Å². The van der Waals surface area contributed by atoms with Gasteiger partial charge < -0.3 is 4.90 Å². The van der Waals surface area contributed by atoms with E-state index >= 15 is 0 Å². The van der Waals surface area contributed by atoms with Crippen LogP contribution in [0.4, 0.5) is 4.79 Å². The maximum absolute atomic E-state index is 13.5. The highest BCUT2D eigenvalue weighted by molar-refractivity contribution is 7.90. The molecule has 1 atom stereocenters. The molecule has 1 N–H and O–H groups in total. The van der Waals surface area contributed by atoms with Crippen molar-refractivity contribution in [1.29, 1.82) is 0 Å². The topological polar surface area (TPSA) is 86.8 Å². The first-order valence-electron chi connectivity index (χ1n) is 10.3. The molecule has 0 spiro atoms. The lowest BCUT2D eigenvalue weighted by atomic mass is 9.87. The van der Waals surface area contributed by atoms with Gasteiger partial charge in [0.05, 0.1) is 4.90 Å². The number of nitrogens with one attached hydrogen (secondary N) is 1. The average molecular weight is 448 g/mol. The second-order valence-corrected chi connectivity index (χ2v) is 9.45. The number of rotatable bonds is 3. The van der Waals surface area contributed by atoms with Gasteiger partial charge in [0.15, 0.2) is 5.66 Å². The number of fused-ring (bicyclic) bond motifs is 3. The van der Waals surface area contributed by atoms with E-state index in [1.807, 2.05) is 42.5 Å². The van der Waals surface area contributed by atoms with Gasteiger partial charge >= 0.3 is 6.03 Å². The first-order valence-corrected chi connectivity index (χ1v) is 11.8. The zero-order valence-corrected chi connectivity index (χ0v) is 18.0. The van der Waals surface area contributed by atoms with E-state index in [1.54, 1.807) is 35.2 Å². The fourth-order valence-corrected chi connectivity index (χ4v) is 5.70. The van der Waals surface area contributed by atoms with Gasteiger partial charge in [-0.05, 0) is 24.6 Å². The number of benzene rings is 3. The van der Waals surface area contributed by atoms with E-state index in [2.05, 4.69) is 4.72 Å². The molecule has 1 saturated heterocycles. The predicted molar refractivity (Wildman–Crippen MR) is 118 cm³/mol. The van der Waals surface area contributed by atoms with Gasteiger partial charge in [-0.2, -0.15) is 0 Å². The number of urea groups is 1. The summed E-state index contributed by atoms with van der Waals surface area (Å²) in [6.07, 6.45) is 0.535. The summed E-state index contributed by atoms with van der Waals surface area (Å²) in [6.45, 7) is 0.751. The first kappa shape index (κ1) is 20.3. The van der Waals surface area contributed by atoms with Crippen LogP contribution >= 0.6 is 0 Å². The normalized spacial score (nSPS) is 19.9. The maximum Gasteiger partial charge on any atom is 0.333 e. The molecule has 0 aliphatic carbocycles. The Morgan fingerprint density at radius 1 is 0.844 bits per heavy atom. The van der Waals surface area contributed by atoms with Crippen LogP contribution in [0.3, 0.4) is 0 Å². The number of carbonyl (C=O) groups excluding carboxylic acids is 2. The van der Waals surface area contributed by atoms with E-state index in [1.165, 1.54) is 17.0 Å². The Labute approximate surface area is 186 Å². The standard InChI is InChI=1S/C24H21N3O4S/c28-22-20-14-7-8-15-21(20)24(18-10-3-1-4-11-18)26(22)16-9-17-27(24)23(29)25-32(30,31)19-12-5-2-6-13-19/h1-8,10-15H,9,16-17H2,(H,25,29). The zero-order chi connectivity index (χ0) is 22.3. The van der Waals surface area contributed by atoms with Gasteiger partial charge in [0.25, 0.3) is 15.9 Å². The van der Waals surface area contributed by atoms with E-state index in [-0.39, 0.29) is 10.8 Å². The Morgan fingerprint density at radius 3 is 2.19 bits per heavy atom. The van der Waals surface area contributed by atoms with E-state index in [9.17, 15) is 18.0 Å². The molecule has 162 valence electrons. The number of amides is 3. The van der Waals surface area contributed by atoms with Gasteiger partial charge in [-0.1, -0.05) is 66.7 Å². The van der Waals surface area contributed by atoms with Crippen LogP contribution in [0.1, 0.15) is 27.9 Å². The number of sulfonamides is 1. The highest BCUT2D eigenvalue weighted by Gasteiger charge is 2.57. The van der Waals surface area contributed by atoms with E-state index in [4.69, 9.17) is 0 Å². The van der Waals surface area contributed by atoms with Gasteiger partial charge in [-0.25, -0.2) is 17.9 Å². The van der Waals surface area contributed by atoms with Gasteiger partial charge in [0.2, 0.25) is 0 Å². The van der Waals surface area contributed by atoms with Crippen molar-refractivity contribution in [2.24, 2.45) is 0 Å². The van der Waals surface area contributed by atoms with Gasteiger partial charge in [-0.15, -0.1) is 0 Å². The number of carbonyl (C=O) groups is 2. The summed E-state index contributed by atoms with van der Waals surface area (Å²) in [7, 11) is -4.08. The fourth-order valence-electron chi connectivity index (χ4n) is 4.73. The summed E-state index contributed by atoms with van der Waals surface area (Å²) in [5, 5.41) is 0. The van der Waals surface area contributed by atoms with Gasteiger partial charge in [0.1, 0.15) is 0 Å². The Morgan fingerprint density at radius 2 is 1.47 bits per heavy atom. The molecule has 0 aromatic heterocycles. The van der Waals surface area contributed by atoms with Crippen molar-refractivity contribution in [1.82, 2.24) is 14.5 Å². The van der Waals surface area contributed by atoms with E-state index < -0.39 is 21.7 Å².